The maximum absolute atomic E-state index is 14.1. The van der Waals surface area contributed by atoms with E-state index in [1.54, 1.807) is 0 Å². The molecule has 3 aliphatic heterocycles. The van der Waals surface area contributed by atoms with Gasteiger partial charge in [-0.3, -0.25) is 9.80 Å². The molecule has 3 aliphatic rings. The summed E-state index contributed by atoms with van der Waals surface area (Å²) in [6, 6.07) is 23.1. The number of hydrogen-bond donors (Lipinski definition) is 0. The summed E-state index contributed by atoms with van der Waals surface area (Å²) in [5.41, 5.74) is 2.13. The number of carbonyl (C=O) groups excluding carboxylic acids is 1. The van der Waals surface area contributed by atoms with E-state index in [1.807, 2.05) is 47.3 Å². The zero-order valence-electron chi connectivity index (χ0n) is 18.7. The van der Waals surface area contributed by atoms with E-state index in [-0.39, 0.29) is 17.9 Å². The summed E-state index contributed by atoms with van der Waals surface area (Å²) in [4.78, 5) is 16.3. The van der Waals surface area contributed by atoms with Crippen LogP contribution in [0.4, 0.5) is 5.82 Å². The van der Waals surface area contributed by atoms with Crippen LogP contribution in [0.5, 0.6) is 0 Å². The van der Waals surface area contributed by atoms with Gasteiger partial charge >= 0.3 is 0 Å². The van der Waals surface area contributed by atoms with Crippen molar-refractivity contribution in [2.24, 2.45) is 0 Å². The van der Waals surface area contributed by atoms with Gasteiger partial charge in [-0.05, 0) is 36.5 Å². The van der Waals surface area contributed by atoms with Crippen molar-refractivity contribution >= 4 is 11.7 Å². The number of benzene rings is 2. The van der Waals surface area contributed by atoms with Gasteiger partial charge in [0.2, 0.25) is 5.91 Å². The van der Waals surface area contributed by atoms with E-state index < -0.39 is 0 Å². The topological polar surface area (TPSA) is 44.6 Å². The van der Waals surface area contributed by atoms with Crippen LogP contribution in [-0.4, -0.2) is 50.8 Å². The first-order chi connectivity index (χ1) is 16.3. The average Bonchev–Trinajstić information content (AvgIpc) is 3.52. The highest BCUT2D eigenvalue weighted by Crippen LogP contribution is 2.37. The van der Waals surface area contributed by atoms with E-state index in [9.17, 15) is 4.79 Å². The number of likely N-dealkylation sites (tertiary alicyclic amines) is 1. The van der Waals surface area contributed by atoms with Crippen molar-refractivity contribution in [3.05, 3.63) is 96.3 Å². The lowest BCUT2D eigenvalue weighted by atomic mass is 9.87. The number of amides is 1. The summed E-state index contributed by atoms with van der Waals surface area (Å²) in [5.74, 6) is 1.06. The zero-order chi connectivity index (χ0) is 22.2. The lowest BCUT2D eigenvalue weighted by Gasteiger charge is -2.44. The molecule has 0 N–H and O–H groups in total. The van der Waals surface area contributed by atoms with Crippen molar-refractivity contribution in [1.29, 1.82) is 0 Å². The highest BCUT2D eigenvalue weighted by molar-refractivity contribution is 5.87. The molecule has 2 saturated heterocycles. The number of hydrogen-bond acceptors (Lipinski definition) is 4. The molecule has 3 aromatic rings. The summed E-state index contributed by atoms with van der Waals surface area (Å²) >= 11 is 0. The van der Waals surface area contributed by atoms with Gasteiger partial charge in [-0.25, -0.2) is 9.69 Å². The summed E-state index contributed by atoms with van der Waals surface area (Å²) in [7, 11) is 0. The molecule has 0 bridgehead atoms. The van der Waals surface area contributed by atoms with Gasteiger partial charge < -0.3 is 4.90 Å². The van der Waals surface area contributed by atoms with Gasteiger partial charge in [0.1, 0.15) is 5.82 Å². The summed E-state index contributed by atoms with van der Waals surface area (Å²) in [6.07, 6.45) is 9.30. The van der Waals surface area contributed by atoms with Crippen LogP contribution in [0.1, 0.15) is 36.3 Å². The molecule has 0 spiro atoms. The Morgan fingerprint density at radius 1 is 0.879 bits per heavy atom. The van der Waals surface area contributed by atoms with Crippen molar-refractivity contribution in [2.45, 2.75) is 43.8 Å². The predicted octanol–water partition coefficient (Wildman–Crippen LogP) is 4.03. The molecule has 6 nitrogen and oxygen atoms in total. The van der Waals surface area contributed by atoms with Crippen LogP contribution < -0.4 is 5.01 Å². The Labute approximate surface area is 194 Å². The molecular formula is C27H29N5O. The Hall–Kier alpha value is -3.38. The monoisotopic (exact) mass is 439 g/mol. The van der Waals surface area contributed by atoms with Crippen LogP contribution in [0.3, 0.4) is 0 Å². The number of hydrazine groups is 1. The highest BCUT2D eigenvalue weighted by Gasteiger charge is 2.46. The first-order valence-electron chi connectivity index (χ1n) is 12.0. The Morgan fingerprint density at radius 3 is 2.33 bits per heavy atom. The highest BCUT2D eigenvalue weighted by atomic mass is 16.2. The largest absolute Gasteiger partial charge is 0.337 e. The van der Waals surface area contributed by atoms with Gasteiger partial charge in [0.25, 0.3) is 0 Å². The second-order valence-corrected chi connectivity index (χ2v) is 9.12. The van der Waals surface area contributed by atoms with E-state index in [4.69, 9.17) is 0 Å². The van der Waals surface area contributed by atoms with Crippen molar-refractivity contribution in [1.82, 2.24) is 19.7 Å². The molecule has 6 heteroatoms. The van der Waals surface area contributed by atoms with E-state index in [0.29, 0.717) is 6.04 Å². The van der Waals surface area contributed by atoms with E-state index in [1.165, 1.54) is 0 Å². The molecule has 2 atom stereocenters. The van der Waals surface area contributed by atoms with Gasteiger partial charge in [-0.1, -0.05) is 60.7 Å². The third-order valence-corrected chi connectivity index (χ3v) is 7.31. The molecule has 168 valence electrons. The normalized spacial score (nSPS) is 22.5. The third-order valence-electron chi connectivity index (χ3n) is 7.31. The fraction of sp³-hybridized carbons (Fsp3) is 0.333. The summed E-state index contributed by atoms with van der Waals surface area (Å²) in [5, 5.41) is 9.15. The van der Waals surface area contributed by atoms with Crippen molar-refractivity contribution < 1.29 is 4.79 Å². The van der Waals surface area contributed by atoms with E-state index >= 15 is 0 Å². The number of rotatable bonds is 4. The lowest BCUT2D eigenvalue weighted by Crippen LogP contribution is -2.56. The molecule has 6 rings (SSSR count). The second kappa shape index (κ2) is 8.52. The van der Waals surface area contributed by atoms with Gasteiger partial charge in [0, 0.05) is 25.4 Å². The maximum Gasteiger partial charge on any atom is 0.234 e. The fourth-order valence-electron chi connectivity index (χ4n) is 5.84. The Kier molecular flexibility index (Phi) is 5.23. The van der Waals surface area contributed by atoms with E-state index in [2.05, 4.69) is 62.6 Å². The Morgan fingerprint density at radius 2 is 1.61 bits per heavy atom. The quantitative estimate of drug-likeness (QED) is 0.616. The van der Waals surface area contributed by atoms with Gasteiger partial charge in [0.05, 0.1) is 30.7 Å². The van der Waals surface area contributed by atoms with Crippen LogP contribution in [0, 0.1) is 0 Å². The number of carbonyl (C=O) groups is 1. The minimum Gasteiger partial charge on any atom is -0.337 e. The average molecular weight is 440 g/mol. The zero-order valence-corrected chi connectivity index (χ0v) is 18.7. The van der Waals surface area contributed by atoms with Gasteiger partial charge in [-0.2, -0.15) is 5.10 Å². The molecule has 0 radical (unpaired) electrons. The molecule has 2 fully saturated rings. The molecule has 2 aromatic carbocycles. The molecule has 1 amide bonds. The standard InChI is InChI=1S/C27H29N5O/c33-27(26(21-9-3-1-4-10-21)22-11-5-2-6-12-22)29-17-7-13-24-23(29)15-20-31(24)32-19-8-18-30-25(32)14-16-28-30/h1-6,8-12,14,16,19,23-24,26H,7,13,15,17-18,20H2/t23-,24-/m1/s1. The van der Waals surface area contributed by atoms with E-state index in [0.717, 1.165) is 55.8 Å². The van der Waals surface area contributed by atoms with Crippen LogP contribution in [0.25, 0.3) is 0 Å². The number of allylic oxidation sites excluding steroid dienone is 1. The van der Waals surface area contributed by atoms with Gasteiger partial charge in [0.15, 0.2) is 0 Å². The number of nitrogens with zero attached hydrogens (tertiary/aromatic N) is 5. The minimum absolute atomic E-state index is 0.225. The molecule has 4 heterocycles. The SMILES string of the molecule is O=C(C(c1ccccc1)c1ccccc1)N1CCC[C@@H]2[C@H]1CCN2N1C=CCn2nccc21. The fourth-order valence-corrected chi connectivity index (χ4v) is 5.84. The molecule has 0 aliphatic carbocycles. The molecule has 33 heavy (non-hydrogen) atoms. The van der Waals surface area contributed by atoms with Gasteiger partial charge in [-0.15, -0.1) is 0 Å². The van der Waals surface area contributed by atoms with Crippen molar-refractivity contribution in [3.8, 4) is 0 Å². The number of aromatic nitrogens is 2. The van der Waals surface area contributed by atoms with Crippen LogP contribution in [-0.2, 0) is 11.3 Å². The smallest absolute Gasteiger partial charge is 0.234 e. The van der Waals surface area contributed by atoms with Crippen molar-refractivity contribution in [2.75, 3.05) is 18.1 Å². The van der Waals surface area contributed by atoms with Crippen LogP contribution >= 0.6 is 0 Å². The van der Waals surface area contributed by atoms with Crippen LogP contribution in [0.2, 0.25) is 0 Å². The first kappa shape index (κ1) is 20.2. The number of anilines is 1. The second-order valence-electron chi connectivity index (χ2n) is 9.12. The summed E-state index contributed by atoms with van der Waals surface area (Å²) in [6.45, 7) is 2.58. The Balaban J connectivity index is 1.30. The van der Waals surface area contributed by atoms with Crippen molar-refractivity contribution in [3.63, 3.8) is 0 Å². The summed E-state index contributed by atoms with van der Waals surface area (Å²) < 4.78 is 2.03. The lowest BCUT2D eigenvalue weighted by molar-refractivity contribution is -0.136. The predicted molar refractivity (Wildman–Crippen MR) is 128 cm³/mol. The minimum atomic E-state index is -0.267. The number of fused-ring (bicyclic) bond motifs is 2. The first-order valence-corrected chi connectivity index (χ1v) is 12.0. The Bertz CT molecular complexity index is 1100. The molecular weight excluding hydrogens is 410 g/mol. The number of piperidine rings is 1. The maximum atomic E-state index is 14.1. The molecule has 0 saturated carbocycles. The molecule has 1 aromatic heterocycles. The molecule has 0 unspecified atom stereocenters. The third kappa shape index (κ3) is 3.55. The van der Waals surface area contributed by atoms with Crippen LogP contribution in [0.15, 0.2) is 85.2 Å².